The van der Waals surface area contributed by atoms with Gasteiger partial charge >= 0.3 is 0 Å². The predicted octanol–water partition coefficient (Wildman–Crippen LogP) is 4.81. The molecule has 0 amide bonds. The molecule has 0 saturated heterocycles. The molecule has 0 aliphatic carbocycles. The van der Waals surface area contributed by atoms with Gasteiger partial charge in [-0.3, -0.25) is 0 Å². The Bertz CT molecular complexity index is 633. The van der Waals surface area contributed by atoms with Gasteiger partial charge in [-0.15, -0.1) is 0 Å². The molecule has 0 radical (unpaired) electrons. The molecular formula is C19H26N2. The lowest BCUT2D eigenvalue weighted by Crippen LogP contribution is -2.42. The Morgan fingerprint density at radius 3 is 2.38 bits per heavy atom. The monoisotopic (exact) mass is 282 g/mol. The molecule has 0 aromatic heterocycles. The third-order valence-corrected chi connectivity index (χ3v) is 4.45. The second kappa shape index (κ2) is 5.97. The normalized spacial score (nSPS) is 14.0. The summed E-state index contributed by atoms with van der Waals surface area (Å²) in [5.41, 5.74) is 4.39. The van der Waals surface area contributed by atoms with Crippen molar-refractivity contribution < 1.29 is 0 Å². The molecule has 0 spiro atoms. The number of rotatable bonds is 5. The summed E-state index contributed by atoms with van der Waals surface area (Å²) >= 11 is 0. The van der Waals surface area contributed by atoms with E-state index < -0.39 is 0 Å². The molecule has 1 aliphatic heterocycles. The van der Waals surface area contributed by atoms with Gasteiger partial charge in [0.2, 0.25) is 0 Å². The van der Waals surface area contributed by atoms with Gasteiger partial charge in [-0.1, -0.05) is 45.0 Å². The number of hydrogen-bond acceptors (Lipinski definition) is 2. The molecular weight excluding hydrogens is 256 g/mol. The van der Waals surface area contributed by atoms with E-state index in [0.717, 1.165) is 26.2 Å². The minimum atomic E-state index is 1.03. The summed E-state index contributed by atoms with van der Waals surface area (Å²) in [6, 6.07) is 11.4. The van der Waals surface area contributed by atoms with Crippen LogP contribution in [0, 0.1) is 0 Å². The van der Waals surface area contributed by atoms with Crippen LogP contribution in [0.3, 0.4) is 0 Å². The first-order valence-electron chi connectivity index (χ1n) is 8.34. The molecule has 21 heavy (non-hydrogen) atoms. The van der Waals surface area contributed by atoms with Crippen molar-refractivity contribution in [2.45, 2.75) is 40.0 Å². The highest BCUT2D eigenvalue weighted by atomic mass is 15.3. The predicted molar refractivity (Wildman–Crippen MR) is 93.5 cm³/mol. The summed E-state index contributed by atoms with van der Waals surface area (Å²) in [5.74, 6) is 0. The molecule has 2 aromatic carbocycles. The van der Waals surface area contributed by atoms with E-state index in [4.69, 9.17) is 0 Å². The van der Waals surface area contributed by atoms with Crippen LogP contribution in [0.2, 0.25) is 0 Å². The fourth-order valence-electron chi connectivity index (χ4n) is 3.56. The lowest BCUT2D eigenvalue weighted by molar-refractivity contribution is 0.689. The van der Waals surface area contributed by atoms with Crippen molar-refractivity contribution in [3.8, 4) is 0 Å². The molecule has 1 aliphatic rings. The topological polar surface area (TPSA) is 6.48 Å². The van der Waals surface area contributed by atoms with E-state index in [9.17, 15) is 0 Å². The molecule has 0 unspecified atom stereocenters. The fourth-order valence-corrected chi connectivity index (χ4v) is 3.56. The molecule has 0 atom stereocenters. The molecule has 112 valence electrons. The molecule has 2 nitrogen and oxygen atoms in total. The largest absolute Gasteiger partial charge is 0.353 e. The molecule has 0 saturated carbocycles. The van der Waals surface area contributed by atoms with Crippen LogP contribution in [0.4, 0.5) is 11.4 Å². The maximum atomic E-state index is 2.59. The van der Waals surface area contributed by atoms with E-state index in [0.29, 0.717) is 0 Å². The summed E-state index contributed by atoms with van der Waals surface area (Å²) in [6.45, 7) is 10.1. The first kappa shape index (κ1) is 14.2. The summed E-state index contributed by atoms with van der Waals surface area (Å²) in [6.07, 6.45) is 3.49. The van der Waals surface area contributed by atoms with E-state index in [2.05, 4.69) is 60.9 Å². The van der Waals surface area contributed by atoms with Crippen LogP contribution in [0.15, 0.2) is 30.3 Å². The molecule has 1 heterocycles. The van der Waals surface area contributed by atoms with Crippen molar-refractivity contribution in [2.24, 2.45) is 0 Å². The summed E-state index contributed by atoms with van der Waals surface area (Å²) in [5, 5.41) is 2.84. The quantitative estimate of drug-likeness (QED) is 0.776. The second-order valence-electron chi connectivity index (χ2n) is 5.97. The summed E-state index contributed by atoms with van der Waals surface area (Å²) in [4.78, 5) is 5.13. The van der Waals surface area contributed by atoms with Crippen LogP contribution in [0.25, 0.3) is 10.8 Å². The van der Waals surface area contributed by atoms with Crippen molar-refractivity contribution in [2.75, 3.05) is 29.6 Å². The lowest BCUT2D eigenvalue weighted by Gasteiger charge is -2.40. The highest BCUT2D eigenvalue weighted by molar-refractivity contribution is 6.06. The number of hydrogen-bond donors (Lipinski definition) is 0. The third-order valence-electron chi connectivity index (χ3n) is 4.45. The zero-order valence-corrected chi connectivity index (χ0v) is 13.5. The number of aryl methyl sites for hydroxylation is 1. The van der Waals surface area contributed by atoms with Crippen LogP contribution in [-0.4, -0.2) is 19.8 Å². The zero-order chi connectivity index (χ0) is 14.8. The van der Waals surface area contributed by atoms with Crippen LogP contribution in [0.1, 0.15) is 39.2 Å². The van der Waals surface area contributed by atoms with Crippen molar-refractivity contribution in [3.05, 3.63) is 35.9 Å². The van der Waals surface area contributed by atoms with Gasteiger partial charge in [0.1, 0.15) is 0 Å². The summed E-state index contributed by atoms with van der Waals surface area (Å²) < 4.78 is 0. The minimum Gasteiger partial charge on any atom is -0.353 e. The van der Waals surface area contributed by atoms with E-state index in [-0.39, 0.29) is 0 Å². The molecule has 3 rings (SSSR count). The van der Waals surface area contributed by atoms with E-state index >= 15 is 0 Å². The second-order valence-corrected chi connectivity index (χ2v) is 5.97. The van der Waals surface area contributed by atoms with E-state index in [1.165, 1.54) is 40.6 Å². The highest BCUT2D eigenvalue weighted by Gasteiger charge is 2.25. The van der Waals surface area contributed by atoms with Gasteiger partial charge in [-0.05, 0) is 36.3 Å². The first-order valence-corrected chi connectivity index (χ1v) is 8.34. The van der Waals surface area contributed by atoms with Gasteiger partial charge in [0.15, 0.2) is 0 Å². The van der Waals surface area contributed by atoms with Gasteiger partial charge in [-0.2, -0.15) is 0 Å². The first-order chi connectivity index (χ1) is 10.3. The molecule has 0 bridgehead atoms. The molecule has 0 fully saturated rings. The average Bonchev–Trinajstić information content (AvgIpc) is 2.51. The Morgan fingerprint density at radius 2 is 1.67 bits per heavy atom. The zero-order valence-electron chi connectivity index (χ0n) is 13.5. The number of nitrogens with zero attached hydrogens (tertiary/aromatic N) is 2. The van der Waals surface area contributed by atoms with Gasteiger partial charge in [0, 0.05) is 24.2 Å². The van der Waals surface area contributed by atoms with Gasteiger partial charge in [0.25, 0.3) is 0 Å². The van der Waals surface area contributed by atoms with E-state index in [1.54, 1.807) is 0 Å². The van der Waals surface area contributed by atoms with Gasteiger partial charge in [0.05, 0.1) is 12.4 Å². The van der Waals surface area contributed by atoms with Crippen molar-refractivity contribution in [1.82, 2.24) is 0 Å². The molecule has 2 heteroatoms. The Balaban J connectivity index is 2.25. The Kier molecular flexibility index (Phi) is 4.05. The lowest BCUT2D eigenvalue weighted by atomic mass is 9.97. The third kappa shape index (κ3) is 2.37. The Hall–Kier alpha value is -1.70. The standard InChI is InChI=1S/C19H26N2/c1-4-12-20-14-21(13-5-2)19-15(6-3)10-11-16-8-7-9-17(20)18(16)19/h7-11H,4-6,12-14H2,1-3H3. The van der Waals surface area contributed by atoms with Gasteiger partial charge < -0.3 is 9.80 Å². The van der Waals surface area contributed by atoms with Crippen LogP contribution in [-0.2, 0) is 6.42 Å². The maximum Gasteiger partial charge on any atom is 0.0903 e. The summed E-state index contributed by atoms with van der Waals surface area (Å²) in [7, 11) is 0. The number of anilines is 2. The Labute approximate surface area is 128 Å². The van der Waals surface area contributed by atoms with Crippen LogP contribution >= 0.6 is 0 Å². The van der Waals surface area contributed by atoms with E-state index in [1.807, 2.05) is 0 Å². The number of benzene rings is 2. The van der Waals surface area contributed by atoms with Crippen molar-refractivity contribution >= 4 is 22.1 Å². The Morgan fingerprint density at radius 1 is 0.905 bits per heavy atom. The van der Waals surface area contributed by atoms with Crippen LogP contribution < -0.4 is 9.80 Å². The van der Waals surface area contributed by atoms with Crippen molar-refractivity contribution in [1.29, 1.82) is 0 Å². The van der Waals surface area contributed by atoms with Gasteiger partial charge in [-0.25, -0.2) is 0 Å². The average molecular weight is 282 g/mol. The van der Waals surface area contributed by atoms with Crippen LogP contribution in [0.5, 0.6) is 0 Å². The smallest absolute Gasteiger partial charge is 0.0903 e. The molecule has 2 aromatic rings. The minimum absolute atomic E-state index is 1.03. The fraction of sp³-hybridized carbons (Fsp3) is 0.474. The molecule has 0 N–H and O–H groups in total. The van der Waals surface area contributed by atoms with Crippen molar-refractivity contribution in [3.63, 3.8) is 0 Å². The highest BCUT2D eigenvalue weighted by Crippen LogP contribution is 2.41. The SMILES string of the molecule is CCCN1CN(CCC)c2c(CC)ccc3cccc1c23. The maximum absolute atomic E-state index is 2.59.